The van der Waals surface area contributed by atoms with E-state index in [9.17, 15) is 0 Å². The molecule has 1 fully saturated rings. The van der Waals surface area contributed by atoms with Crippen molar-refractivity contribution in [2.75, 3.05) is 45.6 Å². The largest absolute Gasteiger partial charge is 0.382 e. The van der Waals surface area contributed by atoms with Crippen molar-refractivity contribution in [2.24, 2.45) is 0 Å². The molecular weight excluding hydrogens is 328 g/mol. The second-order valence-electron chi connectivity index (χ2n) is 7.32. The van der Waals surface area contributed by atoms with E-state index in [1.165, 1.54) is 10.9 Å². The summed E-state index contributed by atoms with van der Waals surface area (Å²) in [7, 11) is 2.19. The third-order valence-corrected chi connectivity index (χ3v) is 5.58. The number of imidazole rings is 1. The summed E-state index contributed by atoms with van der Waals surface area (Å²) in [6.45, 7) is 7.42. The molecule has 2 aliphatic heterocycles. The summed E-state index contributed by atoms with van der Waals surface area (Å²) >= 11 is 0. The van der Waals surface area contributed by atoms with E-state index in [-0.39, 0.29) is 0 Å². The van der Waals surface area contributed by atoms with Crippen LogP contribution in [-0.4, -0.2) is 64.2 Å². The first-order valence-electron chi connectivity index (χ1n) is 9.25. The van der Waals surface area contributed by atoms with Gasteiger partial charge in [-0.15, -0.1) is 0 Å². The van der Waals surface area contributed by atoms with Gasteiger partial charge in [-0.3, -0.25) is 4.90 Å². The van der Waals surface area contributed by atoms with Gasteiger partial charge >= 0.3 is 0 Å². The lowest BCUT2D eigenvalue weighted by Crippen LogP contribution is -2.43. The number of nitrogen functional groups attached to an aromatic ring is 1. The van der Waals surface area contributed by atoms with E-state index in [1.54, 1.807) is 0 Å². The number of pyridine rings is 1. The van der Waals surface area contributed by atoms with Crippen LogP contribution in [0.5, 0.6) is 0 Å². The summed E-state index contributed by atoms with van der Waals surface area (Å²) in [6.07, 6.45) is 0. The summed E-state index contributed by atoms with van der Waals surface area (Å²) in [4.78, 5) is 14.3. The molecule has 1 saturated heterocycles. The summed E-state index contributed by atoms with van der Waals surface area (Å²) in [5.41, 5.74) is 10.4. The molecule has 0 atom stereocenters. The van der Waals surface area contributed by atoms with Crippen LogP contribution in [0.15, 0.2) is 18.2 Å². The Morgan fingerprint density at radius 2 is 1.96 bits per heavy atom. The summed E-state index contributed by atoms with van der Waals surface area (Å²) in [6, 6.07) is 6.36. The van der Waals surface area contributed by atoms with Crippen LogP contribution in [0, 0.1) is 0 Å². The maximum Gasteiger partial charge on any atom is 0.152 e. The van der Waals surface area contributed by atoms with Gasteiger partial charge in [-0.1, -0.05) is 12.1 Å². The topological polar surface area (TPSA) is 72.4 Å². The number of anilines is 1. The Morgan fingerprint density at radius 1 is 1.12 bits per heavy atom. The van der Waals surface area contributed by atoms with Crippen molar-refractivity contribution in [1.82, 2.24) is 24.3 Å². The van der Waals surface area contributed by atoms with Crippen LogP contribution >= 0.6 is 0 Å². The average Bonchev–Trinajstić information content (AvgIpc) is 3.04. The van der Waals surface area contributed by atoms with Crippen LogP contribution in [0.25, 0.3) is 21.9 Å². The van der Waals surface area contributed by atoms with E-state index in [2.05, 4.69) is 44.6 Å². The number of hydrogen-bond acceptors (Lipinski definition) is 6. The molecule has 1 aromatic carbocycles. The SMILES string of the molecule is CN1CCN(Cc2cccc3nc(N)c4nc5n(c4c23)CCOC5)CC1. The van der Waals surface area contributed by atoms with Crippen LogP contribution in [-0.2, 0) is 24.4 Å². The van der Waals surface area contributed by atoms with Crippen molar-refractivity contribution in [3.05, 3.63) is 29.6 Å². The molecule has 2 aliphatic rings. The maximum atomic E-state index is 6.24. The van der Waals surface area contributed by atoms with Crippen LogP contribution in [0.2, 0.25) is 0 Å². The Labute approximate surface area is 152 Å². The van der Waals surface area contributed by atoms with Crippen molar-refractivity contribution >= 4 is 27.8 Å². The molecular formula is C19H24N6O. The number of rotatable bonds is 2. The molecule has 0 bridgehead atoms. The normalized spacial score (nSPS) is 19.3. The van der Waals surface area contributed by atoms with Gasteiger partial charge < -0.3 is 19.9 Å². The molecule has 7 nitrogen and oxygen atoms in total. The van der Waals surface area contributed by atoms with Crippen LogP contribution in [0.1, 0.15) is 11.4 Å². The minimum Gasteiger partial charge on any atom is -0.382 e. The summed E-state index contributed by atoms with van der Waals surface area (Å²) in [5, 5.41) is 1.19. The van der Waals surface area contributed by atoms with Crippen molar-refractivity contribution < 1.29 is 4.74 Å². The van der Waals surface area contributed by atoms with E-state index < -0.39 is 0 Å². The Balaban J connectivity index is 1.68. The quantitative estimate of drug-likeness (QED) is 0.753. The van der Waals surface area contributed by atoms with Gasteiger partial charge in [-0.25, -0.2) is 9.97 Å². The number of nitrogens with two attached hydrogens (primary N) is 1. The minimum absolute atomic E-state index is 0.506. The monoisotopic (exact) mass is 352 g/mol. The number of fused-ring (bicyclic) bond motifs is 5. The Morgan fingerprint density at radius 3 is 2.81 bits per heavy atom. The minimum atomic E-state index is 0.506. The zero-order valence-corrected chi connectivity index (χ0v) is 15.1. The second-order valence-corrected chi connectivity index (χ2v) is 7.32. The standard InChI is InChI=1S/C19H24N6O/c1-23-5-7-24(8-6-23)11-13-3-2-4-14-16(13)18-17(19(20)21-14)22-15-12-26-10-9-25(15)18/h2-4H,5-12H2,1H3,(H2,20,21). The fraction of sp³-hybridized carbons (Fsp3) is 0.474. The van der Waals surface area contributed by atoms with Crippen molar-refractivity contribution in [1.29, 1.82) is 0 Å². The van der Waals surface area contributed by atoms with E-state index in [1.807, 2.05) is 0 Å². The number of nitrogens with zero attached hydrogens (tertiary/aromatic N) is 5. The van der Waals surface area contributed by atoms with Crippen molar-refractivity contribution in [3.63, 3.8) is 0 Å². The lowest BCUT2D eigenvalue weighted by molar-refractivity contribution is 0.0831. The van der Waals surface area contributed by atoms with Crippen LogP contribution in [0.4, 0.5) is 5.82 Å². The van der Waals surface area contributed by atoms with E-state index in [4.69, 9.17) is 15.5 Å². The van der Waals surface area contributed by atoms with Gasteiger partial charge in [0, 0.05) is 44.7 Å². The van der Waals surface area contributed by atoms with Gasteiger partial charge in [-0.05, 0) is 18.7 Å². The Kier molecular flexibility index (Phi) is 3.81. The zero-order chi connectivity index (χ0) is 17.7. The first-order chi connectivity index (χ1) is 12.7. The molecule has 0 radical (unpaired) electrons. The molecule has 7 heteroatoms. The zero-order valence-electron chi connectivity index (χ0n) is 15.1. The van der Waals surface area contributed by atoms with Gasteiger partial charge in [0.05, 0.1) is 17.6 Å². The highest BCUT2D eigenvalue weighted by Gasteiger charge is 2.22. The van der Waals surface area contributed by atoms with Gasteiger partial charge in [0.2, 0.25) is 0 Å². The number of ether oxygens (including phenoxy) is 1. The Bertz CT molecular complexity index is 973. The molecule has 0 amide bonds. The maximum absolute atomic E-state index is 6.24. The predicted molar refractivity (Wildman–Crippen MR) is 102 cm³/mol. The highest BCUT2D eigenvalue weighted by Crippen LogP contribution is 2.32. The van der Waals surface area contributed by atoms with E-state index in [0.29, 0.717) is 19.0 Å². The molecule has 136 valence electrons. The summed E-state index contributed by atoms with van der Waals surface area (Å²) < 4.78 is 7.85. The highest BCUT2D eigenvalue weighted by atomic mass is 16.5. The van der Waals surface area contributed by atoms with Gasteiger partial charge in [0.1, 0.15) is 17.9 Å². The molecule has 0 aliphatic carbocycles. The fourth-order valence-electron chi connectivity index (χ4n) is 4.12. The molecule has 0 saturated carbocycles. The molecule has 0 unspecified atom stereocenters. The molecule has 5 rings (SSSR count). The van der Waals surface area contributed by atoms with Gasteiger partial charge in [-0.2, -0.15) is 0 Å². The van der Waals surface area contributed by atoms with E-state index >= 15 is 0 Å². The number of piperazine rings is 1. The van der Waals surface area contributed by atoms with Gasteiger partial charge in [0.15, 0.2) is 5.82 Å². The highest BCUT2D eigenvalue weighted by molar-refractivity contribution is 6.08. The Hall–Kier alpha value is -2.22. The van der Waals surface area contributed by atoms with Crippen molar-refractivity contribution in [2.45, 2.75) is 19.7 Å². The third kappa shape index (κ3) is 2.55. The first-order valence-corrected chi connectivity index (χ1v) is 9.25. The molecule has 26 heavy (non-hydrogen) atoms. The second kappa shape index (κ2) is 6.19. The van der Waals surface area contributed by atoms with Crippen molar-refractivity contribution in [3.8, 4) is 0 Å². The van der Waals surface area contributed by atoms with E-state index in [0.717, 1.165) is 61.6 Å². The smallest absolute Gasteiger partial charge is 0.152 e. The number of likely N-dealkylation sites (N-methyl/N-ethyl adjacent to an activating group) is 1. The average molecular weight is 352 g/mol. The third-order valence-electron chi connectivity index (χ3n) is 5.58. The lowest BCUT2D eigenvalue weighted by atomic mass is 10.1. The fourth-order valence-corrected chi connectivity index (χ4v) is 4.12. The lowest BCUT2D eigenvalue weighted by Gasteiger charge is -2.32. The summed E-state index contributed by atoms with van der Waals surface area (Å²) in [5.74, 6) is 1.45. The first kappa shape index (κ1) is 16.0. The van der Waals surface area contributed by atoms with Crippen LogP contribution < -0.4 is 5.73 Å². The van der Waals surface area contributed by atoms with Crippen LogP contribution in [0.3, 0.4) is 0 Å². The molecule has 2 N–H and O–H groups in total. The predicted octanol–water partition coefficient (Wildman–Crippen LogP) is 1.44. The van der Waals surface area contributed by atoms with Gasteiger partial charge in [0.25, 0.3) is 0 Å². The molecule has 3 aromatic rings. The number of aromatic nitrogens is 3. The molecule has 4 heterocycles. The number of hydrogen-bond donors (Lipinski definition) is 1. The number of benzene rings is 1. The molecule has 0 spiro atoms. The molecule has 2 aromatic heterocycles.